The topological polar surface area (TPSA) is 183 Å². The fourth-order valence-corrected chi connectivity index (χ4v) is 3.78. The number of rotatable bonds is 7. The predicted octanol–water partition coefficient (Wildman–Crippen LogP) is -1.44. The van der Waals surface area contributed by atoms with Gasteiger partial charge in [0.25, 0.3) is 0 Å². The Morgan fingerprint density at radius 2 is 2.12 bits per heavy atom. The molecular weight excluding hydrogens is 369 g/mol. The third-order valence-corrected chi connectivity index (χ3v) is 5.26. The Bertz CT molecular complexity index is 788. The first-order chi connectivity index (χ1) is 12.4. The van der Waals surface area contributed by atoms with Gasteiger partial charge in [-0.3, -0.25) is 9.36 Å². The van der Waals surface area contributed by atoms with Gasteiger partial charge in [-0.05, 0) is 12.2 Å². The zero-order valence-corrected chi connectivity index (χ0v) is 14.5. The summed E-state index contributed by atoms with van der Waals surface area (Å²) < 4.78 is 7.29. The van der Waals surface area contributed by atoms with E-state index in [1.54, 1.807) is 0 Å². The molecule has 11 nitrogen and oxygen atoms in total. The lowest BCUT2D eigenvalue weighted by Crippen LogP contribution is -2.33. The van der Waals surface area contributed by atoms with Crippen LogP contribution in [0.3, 0.4) is 0 Å². The number of aliphatic hydroxyl groups is 2. The minimum Gasteiger partial charge on any atom is -0.480 e. The van der Waals surface area contributed by atoms with E-state index in [1.165, 1.54) is 29.0 Å². The molecule has 5 atom stereocenters. The van der Waals surface area contributed by atoms with Gasteiger partial charge in [-0.15, -0.1) is 0 Å². The summed E-state index contributed by atoms with van der Waals surface area (Å²) in [7, 11) is 0. The highest BCUT2D eigenvalue weighted by Crippen LogP contribution is 2.33. The maximum atomic E-state index is 10.7. The molecule has 2 aromatic rings. The van der Waals surface area contributed by atoms with Gasteiger partial charge < -0.3 is 31.5 Å². The third-order valence-electron chi connectivity index (χ3n) is 4.17. The van der Waals surface area contributed by atoms with Crippen molar-refractivity contribution in [3.63, 3.8) is 0 Å². The highest BCUT2D eigenvalue weighted by Gasteiger charge is 2.44. The van der Waals surface area contributed by atoms with Crippen molar-refractivity contribution in [2.45, 2.75) is 37.0 Å². The van der Waals surface area contributed by atoms with Crippen molar-refractivity contribution in [1.29, 1.82) is 0 Å². The fraction of sp³-hybridized carbons (Fsp3) is 0.571. The van der Waals surface area contributed by atoms with E-state index in [9.17, 15) is 15.0 Å². The maximum Gasteiger partial charge on any atom is 0.320 e. The first-order valence-electron chi connectivity index (χ1n) is 7.91. The van der Waals surface area contributed by atoms with Crippen molar-refractivity contribution in [3.8, 4) is 0 Å². The van der Waals surface area contributed by atoms with Gasteiger partial charge in [0.1, 0.15) is 30.1 Å². The zero-order chi connectivity index (χ0) is 18.8. The van der Waals surface area contributed by atoms with Crippen molar-refractivity contribution < 1.29 is 24.9 Å². The van der Waals surface area contributed by atoms with E-state index < -0.39 is 36.6 Å². The summed E-state index contributed by atoms with van der Waals surface area (Å²) in [6, 6.07) is -0.919. The summed E-state index contributed by atoms with van der Waals surface area (Å²) in [5, 5.41) is 29.3. The summed E-state index contributed by atoms with van der Waals surface area (Å²) in [5.74, 6) is 0.0405. The summed E-state index contributed by atoms with van der Waals surface area (Å²) in [4.78, 5) is 22.8. The molecule has 0 bridgehead atoms. The fourth-order valence-electron chi connectivity index (χ4n) is 2.69. The Morgan fingerprint density at radius 1 is 1.35 bits per heavy atom. The third kappa shape index (κ3) is 3.59. The molecule has 0 aromatic carbocycles. The zero-order valence-electron chi connectivity index (χ0n) is 13.7. The van der Waals surface area contributed by atoms with Crippen molar-refractivity contribution >= 4 is 34.7 Å². The number of carboxylic acid groups (broad SMARTS) is 1. The number of nitrogens with two attached hydrogens (primary N) is 2. The molecule has 3 rings (SSSR count). The molecule has 0 aliphatic carbocycles. The van der Waals surface area contributed by atoms with Gasteiger partial charge in [0.05, 0.1) is 12.4 Å². The number of aromatic nitrogens is 4. The number of fused-ring (bicyclic) bond motifs is 1. The average molecular weight is 389 g/mol. The summed E-state index contributed by atoms with van der Waals surface area (Å²) in [6.07, 6.45) is -0.747. The number of aliphatic carboxylic acids is 1. The quantitative estimate of drug-likeness (QED) is 0.276. The Hall–Kier alpha value is -1.99. The van der Waals surface area contributed by atoms with Crippen LogP contribution in [0, 0.1) is 0 Å². The van der Waals surface area contributed by atoms with E-state index in [0.717, 1.165) is 0 Å². The molecule has 1 aliphatic rings. The number of nitrogens with zero attached hydrogens (tertiary/aromatic N) is 4. The molecular formula is C14H20N6O5S. The van der Waals surface area contributed by atoms with Crippen LogP contribution in [0.1, 0.15) is 12.6 Å². The minimum absolute atomic E-state index is 0.212. The van der Waals surface area contributed by atoms with Crippen LogP contribution < -0.4 is 11.5 Å². The molecule has 0 radical (unpaired) electrons. The van der Waals surface area contributed by atoms with Crippen LogP contribution in [0.2, 0.25) is 0 Å². The second-order valence-electron chi connectivity index (χ2n) is 5.94. The Balaban J connectivity index is 1.64. The van der Waals surface area contributed by atoms with Crippen molar-refractivity contribution in [3.05, 3.63) is 12.7 Å². The number of thioether (sulfide) groups is 1. The Morgan fingerprint density at radius 3 is 2.85 bits per heavy atom. The van der Waals surface area contributed by atoms with Crippen LogP contribution in [0.15, 0.2) is 12.7 Å². The highest BCUT2D eigenvalue weighted by molar-refractivity contribution is 7.99. The van der Waals surface area contributed by atoms with Gasteiger partial charge in [-0.2, -0.15) is 11.8 Å². The molecule has 0 spiro atoms. The predicted molar refractivity (Wildman–Crippen MR) is 93.2 cm³/mol. The largest absolute Gasteiger partial charge is 0.480 e. The van der Waals surface area contributed by atoms with Gasteiger partial charge in [0, 0.05) is 5.75 Å². The maximum absolute atomic E-state index is 10.7. The molecule has 142 valence electrons. The molecule has 1 saturated heterocycles. The summed E-state index contributed by atoms with van der Waals surface area (Å²) >= 11 is 1.40. The van der Waals surface area contributed by atoms with Crippen LogP contribution in [0.5, 0.6) is 0 Å². The lowest BCUT2D eigenvalue weighted by molar-refractivity contribution is -0.138. The van der Waals surface area contributed by atoms with Crippen LogP contribution in [0.4, 0.5) is 5.82 Å². The van der Waals surface area contributed by atoms with E-state index in [0.29, 0.717) is 29.1 Å². The highest BCUT2D eigenvalue weighted by atomic mass is 32.2. The first-order valence-corrected chi connectivity index (χ1v) is 9.06. The second kappa shape index (κ2) is 7.72. The second-order valence-corrected chi connectivity index (χ2v) is 7.09. The van der Waals surface area contributed by atoms with Crippen molar-refractivity contribution in [2.24, 2.45) is 5.73 Å². The number of hydrogen-bond acceptors (Lipinski definition) is 10. The molecule has 12 heteroatoms. The standard InChI is InChI=1S/C14H20N6O5S/c15-6(14(23)24)1-2-26-3-7-9(21)10(22)13(25-7)20-5-19-8-11(16)17-4-18-12(8)20/h4-7,9-10,13,21-22H,1-3,15H2,(H,23,24)(H2,16,17,18)/t6-,7+,9+,10+,13+/m0/s1/i1+1,2+1,3+1,6+1,14+1. The number of imidazole rings is 1. The van der Waals surface area contributed by atoms with Crippen LogP contribution in [-0.2, 0) is 9.53 Å². The first kappa shape index (κ1) is 18.8. The number of carbonyl (C=O) groups is 1. The number of nitrogen functional groups attached to an aromatic ring is 1. The molecule has 1 aliphatic heterocycles. The molecule has 7 N–H and O–H groups in total. The van der Waals surface area contributed by atoms with E-state index in [-0.39, 0.29) is 5.82 Å². The van der Waals surface area contributed by atoms with E-state index in [1.807, 2.05) is 0 Å². The number of aliphatic hydroxyl groups excluding tert-OH is 2. The molecule has 0 unspecified atom stereocenters. The van der Waals surface area contributed by atoms with E-state index in [4.69, 9.17) is 21.3 Å². The van der Waals surface area contributed by atoms with Crippen LogP contribution in [-0.4, -0.2) is 76.7 Å². The molecule has 2 aromatic heterocycles. The lowest BCUT2D eigenvalue weighted by Gasteiger charge is -2.16. The molecule has 3 heterocycles. The van der Waals surface area contributed by atoms with Crippen molar-refractivity contribution in [1.82, 2.24) is 19.5 Å². The monoisotopic (exact) mass is 389 g/mol. The van der Waals surface area contributed by atoms with E-state index in [2.05, 4.69) is 15.0 Å². The number of ether oxygens (including phenoxy) is 1. The van der Waals surface area contributed by atoms with Crippen LogP contribution >= 0.6 is 11.8 Å². The van der Waals surface area contributed by atoms with E-state index >= 15 is 0 Å². The molecule has 0 amide bonds. The SMILES string of the molecule is Nc1ncnc2c1ncn2[C@@H]1O[C@H]([13CH2]S[13CH2][13CH2][13C@H](N)[13C](=O)O)[C@@H](O)[C@H]1O. The smallest absolute Gasteiger partial charge is 0.320 e. The van der Waals surface area contributed by atoms with Gasteiger partial charge >= 0.3 is 5.97 Å². The number of carboxylic acids is 1. The summed E-state index contributed by atoms with van der Waals surface area (Å²) in [5.41, 5.74) is 12.0. The van der Waals surface area contributed by atoms with Crippen LogP contribution in [0.25, 0.3) is 11.2 Å². The summed E-state index contributed by atoms with van der Waals surface area (Å²) in [6.45, 7) is 0. The van der Waals surface area contributed by atoms with Gasteiger partial charge in [0.15, 0.2) is 17.7 Å². The van der Waals surface area contributed by atoms with Gasteiger partial charge in [-0.1, -0.05) is 0 Å². The minimum atomic E-state index is -1.17. The average Bonchev–Trinajstić information content (AvgIpc) is 3.15. The molecule has 26 heavy (non-hydrogen) atoms. The normalized spacial score (nSPS) is 27.0. The van der Waals surface area contributed by atoms with Crippen molar-refractivity contribution in [2.75, 3.05) is 17.2 Å². The Labute approximate surface area is 152 Å². The Kier molecular flexibility index (Phi) is 5.58. The number of anilines is 1. The molecule has 1 fully saturated rings. The van der Waals surface area contributed by atoms with Gasteiger partial charge in [0.2, 0.25) is 0 Å². The lowest BCUT2D eigenvalue weighted by atomic mass is 10.2. The van der Waals surface area contributed by atoms with Gasteiger partial charge in [-0.25, -0.2) is 15.0 Å². The number of hydrogen-bond donors (Lipinski definition) is 5. The molecule has 0 saturated carbocycles.